The lowest BCUT2D eigenvalue weighted by Gasteiger charge is -2.09. The Hall–Kier alpha value is -1.97. The van der Waals surface area contributed by atoms with Crippen molar-refractivity contribution in [1.29, 1.82) is 0 Å². The minimum Gasteiger partial charge on any atom is -0.496 e. The summed E-state index contributed by atoms with van der Waals surface area (Å²) in [6, 6.07) is 6.01. The number of nitrogens with two attached hydrogens (primary N) is 1. The molecule has 0 saturated carbocycles. The molecule has 0 aliphatic heterocycles. The number of hydrogen-bond acceptors (Lipinski definition) is 4. The third-order valence-electron chi connectivity index (χ3n) is 3.17. The third-order valence-corrected chi connectivity index (χ3v) is 3.17. The molecule has 0 amide bonds. The molecule has 4 nitrogen and oxygen atoms in total. The lowest BCUT2D eigenvalue weighted by molar-refractivity contribution is 0.383. The van der Waals surface area contributed by atoms with Crippen molar-refractivity contribution in [3.05, 3.63) is 29.5 Å². The number of aryl methyl sites for hydroxylation is 2. The number of ether oxygens (including phenoxy) is 1. The molecule has 0 aliphatic carbocycles. The number of rotatable bonds is 5. The summed E-state index contributed by atoms with van der Waals surface area (Å²) in [5.41, 5.74) is 8.93. The maximum atomic E-state index is 5.96. The van der Waals surface area contributed by atoms with Crippen molar-refractivity contribution in [3.63, 3.8) is 0 Å². The Kier molecular flexibility index (Phi) is 4.10. The van der Waals surface area contributed by atoms with E-state index in [1.54, 1.807) is 7.11 Å². The van der Waals surface area contributed by atoms with Crippen LogP contribution in [0.5, 0.6) is 5.75 Å². The molecule has 1 aromatic carbocycles. The molecule has 2 aromatic rings. The molecule has 0 atom stereocenters. The number of benzene rings is 1. The molecule has 0 radical (unpaired) electrons. The number of nitrogen functional groups attached to an aromatic ring is 1. The van der Waals surface area contributed by atoms with Crippen LogP contribution in [-0.2, 0) is 6.42 Å². The summed E-state index contributed by atoms with van der Waals surface area (Å²) in [5.74, 6) is 2.05. The van der Waals surface area contributed by atoms with Crippen LogP contribution in [0.4, 0.5) is 5.82 Å². The van der Waals surface area contributed by atoms with Gasteiger partial charge in [-0.1, -0.05) is 30.1 Å². The Morgan fingerprint density at radius 1 is 1.37 bits per heavy atom. The molecule has 2 rings (SSSR count). The summed E-state index contributed by atoms with van der Waals surface area (Å²) in [6.07, 6.45) is 2.99. The summed E-state index contributed by atoms with van der Waals surface area (Å²) >= 11 is 0. The van der Waals surface area contributed by atoms with Crippen LogP contribution >= 0.6 is 0 Å². The number of nitrogens with zero attached hydrogens (tertiary/aromatic N) is 1. The van der Waals surface area contributed by atoms with E-state index in [2.05, 4.69) is 18.1 Å². The van der Waals surface area contributed by atoms with Gasteiger partial charge in [-0.25, -0.2) is 0 Å². The molecular formula is C15H20N2O2. The van der Waals surface area contributed by atoms with Gasteiger partial charge in [0.15, 0.2) is 5.82 Å². The van der Waals surface area contributed by atoms with E-state index in [4.69, 9.17) is 15.0 Å². The first-order valence-corrected chi connectivity index (χ1v) is 6.56. The first-order valence-electron chi connectivity index (χ1n) is 6.56. The van der Waals surface area contributed by atoms with Crippen molar-refractivity contribution in [2.75, 3.05) is 12.8 Å². The van der Waals surface area contributed by atoms with Gasteiger partial charge >= 0.3 is 0 Å². The second-order valence-corrected chi connectivity index (χ2v) is 4.67. The minimum absolute atomic E-state index is 0.426. The number of hydrogen-bond donors (Lipinski definition) is 1. The Labute approximate surface area is 113 Å². The summed E-state index contributed by atoms with van der Waals surface area (Å²) in [4.78, 5) is 0. The van der Waals surface area contributed by atoms with Gasteiger partial charge in [0.25, 0.3) is 0 Å². The fourth-order valence-corrected chi connectivity index (χ4v) is 2.15. The second kappa shape index (κ2) is 5.78. The highest BCUT2D eigenvalue weighted by Crippen LogP contribution is 2.37. The molecule has 0 fully saturated rings. The highest BCUT2D eigenvalue weighted by molar-refractivity contribution is 5.80. The van der Waals surface area contributed by atoms with Crippen LogP contribution in [0, 0.1) is 6.92 Å². The van der Waals surface area contributed by atoms with Crippen molar-refractivity contribution < 1.29 is 9.26 Å². The normalized spacial score (nSPS) is 10.7. The summed E-state index contributed by atoms with van der Waals surface area (Å²) < 4.78 is 10.8. The molecule has 1 heterocycles. The van der Waals surface area contributed by atoms with Crippen molar-refractivity contribution in [3.8, 4) is 16.9 Å². The zero-order valence-corrected chi connectivity index (χ0v) is 11.7. The van der Waals surface area contributed by atoms with Crippen LogP contribution in [0.3, 0.4) is 0 Å². The predicted molar refractivity (Wildman–Crippen MR) is 76.3 cm³/mol. The lowest BCUT2D eigenvalue weighted by atomic mass is 10.00. The van der Waals surface area contributed by atoms with E-state index in [-0.39, 0.29) is 0 Å². The van der Waals surface area contributed by atoms with Gasteiger partial charge in [0, 0.05) is 12.0 Å². The first kappa shape index (κ1) is 13.5. The quantitative estimate of drug-likeness (QED) is 0.892. The van der Waals surface area contributed by atoms with E-state index in [0.717, 1.165) is 47.5 Å². The highest BCUT2D eigenvalue weighted by atomic mass is 16.5. The van der Waals surface area contributed by atoms with Gasteiger partial charge in [-0.2, -0.15) is 0 Å². The smallest absolute Gasteiger partial charge is 0.175 e. The zero-order chi connectivity index (χ0) is 13.8. The van der Waals surface area contributed by atoms with Crippen LogP contribution in [0.25, 0.3) is 11.1 Å². The number of unbranched alkanes of at least 4 members (excludes halogenated alkanes) is 1. The van der Waals surface area contributed by atoms with Gasteiger partial charge < -0.3 is 15.0 Å². The van der Waals surface area contributed by atoms with Crippen molar-refractivity contribution in [1.82, 2.24) is 5.16 Å². The summed E-state index contributed by atoms with van der Waals surface area (Å²) in [7, 11) is 1.66. The fourth-order valence-electron chi connectivity index (χ4n) is 2.15. The number of aromatic nitrogens is 1. The molecule has 102 valence electrons. The van der Waals surface area contributed by atoms with Gasteiger partial charge in [-0.05, 0) is 25.5 Å². The Balaban J connectivity index is 2.51. The van der Waals surface area contributed by atoms with E-state index in [1.807, 2.05) is 19.1 Å². The molecule has 0 spiro atoms. The topological polar surface area (TPSA) is 61.3 Å². The molecular weight excluding hydrogens is 240 g/mol. The molecule has 0 bridgehead atoms. The maximum Gasteiger partial charge on any atom is 0.175 e. The van der Waals surface area contributed by atoms with Gasteiger partial charge in [0.05, 0.1) is 12.7 Å². The Bertz CT molecular complexity index is 561. The molecule has 4 heteroatoms. The van der Waals surface area contributed by atoms with Gasteiger partial charge in [0.2, 0.25) is 0 Å². The molecule has 0 saturated heterocycles. The largest absolute Gasteiger partial charge is 0.496 e. The van der Waals surface area contributed by atoms with E-state index < -0.39 is 0 Å². The van der Waals surface area contributed by atoms with Crippen LogP contribution < -0.4 is 10.5 Å². The lowest BCUT2D eigenvalue weighted by Crippen LogP contribution is -1.95. The number of anilines is 1. The van der Waals surface area contributed by atoms with Crippen LogP contribution in [0.2, 0.25) is 0 Å². The SMILES string of the molecule is CCCCc1onc(N)c1-c1cc(C)ccc1OC. The van der Waals surface area contributed by atoms with Crippen molar-refractivity contribution in [2.24, 2.45) is 0 Å². The highest BCUT2D eigenvalue weighted by Gasteiger charge is 2.19. The monoisotopic (exact) mass is 260 g/mol. The molecule has 0 aliphatic rings. The van der Waals surface area contributed by atoms with E-state index in [1.165, 1.54) is 0 Å². The minimum atomic E-state index is 0.426. The average Bonchev–Trinajstić information content (AvgIpc) is 2.77. The van der Waals surface area contributed by atoms with Gasteiger partial charge in [-0.15, -0.1) is 0 Å². The van der Waals surface area contributed by atoms with Gasteiger partial charge in [-0.3, -0.25) is 0 Å². The average molecular weight is 260 g/mol. The van der Waals surface area contributed by atoms with Crippen LogP contribution in [0.1, 0.15) is 31.1 Å². The van der Waals surface area contributed by atoms with Crippen LogP contribution in [0.15, 0.2) is 22.7 Å². The molecule has 19 heavy (non-hydrogen) atoms. The predicted octanol–water partition coefficient (Wildman–Crippen LogP) is 3.58. The first-order chi connectivity index (χ1) is 9.17. The van der Waals surface area contributed by atoms with E-state index >= 15 is 0 Å². The number of methoxy groups -OCH3 is 1. The zero-order valence-electron chi connectivity index (χ0n) is 11.7. The molecule has 0 unspecified atom stereocenters. The second-order valence-electron chi connectivity index (χ2n) is 4.67. The Morgan fingerprint density at radius 2 is 2.16 bits per heavy atom. The van der Waals surface area contributed by atoms with Gasteiger partial charge in [0.1, 0.15) is 11.5 Å². The molecule has 1 aromatic heterocycles. The maximum absolute atomic E-state index is 5.96. The summed E-state index contributed by atoms with van der Waals surface area (Å²) in [5, 5.41) is 3.90. The van der Waals surface area contributed by atoms with Crippen molar-refractivity contribution >= 4 is 5.82 Å². The fraction of sp³-hybridized carbons (Fsp3) is 0.400. The Morgan fingerprint density at radius 3 is 2.84 bits per heavy atom. The van der Waals surface area contributed by atoms with E-state index in [9.17, 15) is 0 Å². The van der Waals surface area contributed by atoms with Crippen molar-refractivity contribution in [2.45, 2.75) is 33.1 Å². The standard InChI is InChI=1S/C15H20N2O2/c1-4-5-6-13-14(15(16)17-19-13)11-9-10(2)7-8-12(11)18-3/h7-9H,4-6H2,1-3H3,(H2,16,17). The van der Waals surface area contributed by atoms with Crippen LogP contribution in [-0.4, -0.2) is 12.3 Å². The third kappa shape index (κ3) is 2.72. The summed E-state index contributed by atoms with van der Waals surface area (Å²) in [6.45, 7) is 4.19. The van der Waals surface area contributed by atoms with E-state index in [0.29, 0.717) is 5.82 Å². The molecule has 2 N–H and O–H groups in total.